The second kappa shape index (κ2) is 8.45. The van der Waals surface area contributed by atoms with Crippen molar-refractivity contribution in [3.8, 4) is 0 Å². The van der Waals surface area contributed by atoms with Gasteiger partial charge in [0.1, 0.15) is 5.76 Å². The summed E-state index contributed by atoms with van der Waals surface area (Å²) in [6.07, 6.45) is 4.83. The number of piperidine rings is 1. The first-order valence-electron chi connectivity index (χ1n) is 10.0. The minimum absolute atomic E-state index is 0.0988. The number of likely N-dealkylation sites (tertiary alicyclic amines) is 1. The first-order valence-corrected chi connectivity index (χ1v) is 11.0. The summed E-state index contributed by atoms with van der Waals surface area (Å²) in [5.74, 6) is 1.04. The lowest BCUT2D eigenvalue weighted by Crippen LogP contribution is -2.48. The van der Waals surface area contributed by atoms with E-state index in [4.69, 9.17) is 4.42 Å². The van der Waals surface area contributed by atoms with Crippen molar-refractivity contribution in [3.05, 3.63) is 58.8 Å². The minimum atomic E-state index is -0.123. The molecule has 2 aromatic heterocycles. The van der Waals surface area contributed by atoms with Crippen LogP contribution >= 0.6 is 11.8 Å². The first-order chi connectivity index (χ1) is 14.0. The number of hydrogen-bond acceptors (Lipinski definition) is 5. The molecule has 1 amide bonds. The Balaban J connectivity index is 1.63. The zero-order valence-corrected chi connectivity index (χ0v) is 17.5. The van der Waals surface area contributed by atoms with Crippen molar-refractivity contribution >= 4 is 28.6 Å². The Morgan fingerprint density at radius 3 is 2.66 bits per heavy atom. The SMILES string of the molecule is CC1CCCC(C)N1C(=O)CSc1nc2ccccc2c(=O)n1Cc1ccco1. The molecule has 1 saturated heterocycles. The fourth-order valence-corrected chi connectivity index (χ4v) is 4.94. The third-order valence-corrected chi connectivity index (χ3v) is 6.49. The summed E-state index contributed by atoms with van der Waals surface area (Å²) in [5.41, 5.74) is 0.518. The lowest BCUT2D eigenvalue weighted by atomic mass is 9.98. The maximum atomic E-state index is 13.1. The monoisotopic (exact) mass is 411 g/mol. The van der Waals surface area contributed by atoms with E-state index >= 15 is 0 Å². The largest absolute Gasteiger partial charge is 0.467 e. The predicted molar refractivity (Wildman–Crippen MR) is 114 cm³/mol. The molecule has 1 aliphatic heterocycles. The number of rotatable bonds is 5. The molecule has 29 heavy (non-hydrogen) atoms. The molecule has 1 aromatic carbocycles. The second-order valence-electron chi connectivity index (χ2n) is 7.60. The predicted octanol–water partition coefficient (Wildman–Crippen LogP) is 3.92. The molecule has 1 aliphatic rings. The molecule has 152 valence electrons. The van der Waals surface area contributed by atoms with E-state index in [0.29, 0.717) is 21.8 Å². The van der Waals surface area contributed by atoms with Crippen LogP contribution in [-0.4, -0.2) is 38.2 Å². The quantitative estimate of drug-likeness (QED) is 0.470. The number of para-hydroxylation sites is 1. The topological polar surface area (TPSA) is 68.3 Å². The highest BCUT2D eigenvalue weighted by atomic mass is 32.2. The van der Waals surface area contributed by atoms with Crippen molar-refractivity contribution in [3.63, 3.8) is 0 Å². The van der Waals surface area contributed by atoms with E-state index in [0.717, 1.165) is 19.3 Å². The highest BCUT2D eigenvalue weighted by Gasteiger charge is 2.29. The van der Waals surface area contributed by atoms with Gasteiger partial charge in [-0.2, -0.15) is 0 Å². The Kier molecular flexibility index (Phi) is 5.76. The molecule has 1 fully saturated rings. The van der Waals surface area contributed by atoms with Crippen molar-refractivity contribution in [2.24, 2.45) is 0 Å². The van der Waals surface area contributed by atoms with Crippen molar-refractivity contribution in [1.82, 2.24) is 14.5 Å². The van der Waals surface area contributed by atoms with Crippen molar-refractivity contribution in [2.45, 2.75) is 56.9 Å². The molecule has 3 aromatic rings. The minimum Gasteiger partial charge on any atom is -0.467 e. The van der Waals surface area contributed by atoms with Crippen LogP contribution < -0.4 is 5.56 Å². The highest BCUT2D eigenvalue weighted by Crippen LogP contribution is 2.25. The van der Waals surface area contributed by atoms with Crippen LogP contribution in [0.1, 0.15) is 38.9 Å². The Labute approximate surface area is 173 Å². The maximum Gasteiger partial charge on any atom is 0.262 e. The number of nitrogens with zero attached hydrogens (tertiary/aromatic N) is 3. The van der Waals surface area contributed by atoms with Gasteiger partial charge in [-0.15, -0.1) is 0 Å². The Bertz CT molecular complexity index is 1050. The van der Waals surface area contributed by atoms with Gasteiger partial charge in [0.25, 0.3) is 5.56 Å². The molecule has 7 heteroatoms. The van der Waals surface area contributed by atoms with Gasteiger partial charge in [-0.3, -0.25) is 14.2 Å². The lowest BCUT2D eigenvalue weighted by molar-refractivity contribution is -0.134. The van der Waals surface area contributed by atoms with E-state index in [1.165, 1.54) is 11.8 Å². The molecule has 2 atom stereocenters. The van der Waals surface area contributed by atoms with Gasteiger partial charge in [0, 0.05) is 12.1 Å². The van der Waals surface area contributed by atoms with Gasteiger partial charge in [-0.25, -0.2) is 4.98 Å². The van der Waals surface area contributed by atoms with Crippen LogP contribution in [0.15, 0.2) is 57.0 Å². The van der Waals surface area contributed by atoms with E-state index in [-0.39, 0.29) is 35.8 Å². The summed E-state index contributed by atoms with van der Waals surface area (Å²) in [6, 6.07) is 11.4. The van der Waals surface area contributed by atoms with E-state index in [1.54, 1.807) is 23.0 Å². The molecule has 0 aliphatic carbocycles. The summed E-state index contributed by atoms with van der Waals surface area (Å²) in [6.45, 7) is 4.51. The second-order valence-corrected chi connectivity index (χ2v) is 8.54. The number of furan rings is 1. The van der Waals surface area contributed by atoms with Crippen LogP contribution in [0, 0.1) is 0 Å². The molecule has 0 spiro atoms. The molecule has 0 saturated carbocycles. The maximum absolute atomic E-state index is 13.1. The van der Waals surface area contributed by atoms with Gasteiger partial charge in [0.15, 0.2) is 5.16 Å². The fraction of sp³-hybridized carbons (Fsp3) is 0.409. The van der Waals surface area contributed by atoms with E-state index in [1.807, 2.05) is 29.2 Å². The van der Waals surface area contributed by atoms with Crippen molar-refractivity contribution in [1.29, 1.82) is 0 Å². The first kappa shape index (κ1) is 19.8. The number of amides is 1. The Morgan fingerprint density at radius 2 is 1.93 bits per heavy atom. The lowest BCUT2D eigenvalue weighted by Gasteiger charge is -2.39. The Morgan fingerprint density at radius 1 is 1.17 bits per heavy atom. The number of carbonyl (C=O) groups is 1. The van der Waals surface area contributed by atoms with E-state index in [2.05, 4.69) is 18.8 Å². The third kappa shape index (κ3) is 4.10. The van der Waals surface area contributed by atoms with Crippen LogP contribution in [0.25, 0.3) is 10.9 Å². The van der Waals surface area contributed by atoms with E-state index in [9.17, 15) is 9.59 Å². The smallest absolute Gasteiger partial charge is 0.262 e. The standard InChI is InChI=1S/C22H25N3O3S/c1-15-7-5-8-16(2)25(15)20(26)14-29-22-23-19-11-4-3-10-18(19)21(27)24(22)13-17-9-6-12-28-17/h3-4,6,9-12,15-16H,5,7-8,13-14H2,1-2H3. The zero-order chi connectivity index (χ0) is 20.4. The van der Waals surface area contributed by atoms with Gasteiger partial charge in [0.2, 0.25) is 5.91 Å². The van der Waals surface area contributed by atoms with Gasteiger partial charge in [-0.05, 0) is 57.4 Å². The van der Waals surface area contributed by atoms with Gasteiger partial charge in [-0.1, -0.05) is 23.9 Å². The molecule has 6 nitrogen and oxygen atoms in total. The molecule has 0 N–H and O–H groups in total. The van der Waals surface area contributed by atoms with Crippen molar-refractivity contribution in [2.75, 3.05) is 5.75 Å². The average Bonchev–Trinajstić information content (AvgIpc) is 3.22. The normalized spacial score (nSPS) is 19.6. The third-order valence-electron chi connectivity index (χ3n) is 5.53. The Hall–Kier alpha value is -2.54. The van der Waals surface area contributed by atoms with E-state index < -0.39 is 0 Å². The van der Waals surface area contributed by atoms with Crippen LogP contribution in [0.2, 0.25) is 0 Å². The summed E-state index contributed by atoms with van der Waals surface area (Å²) in [5, 5.41) is 1.10. The van der Waals surface area contributed by atoms with Crippen LogP contribution in [0.5, 0.6) is 0 Å². The zero-order valence-electron chi connectivity index (χ0n) is 16.7. The number of hydrogen-bond donors (Lipinski definition) is 0. The molecule has 0 radical (unpaired) electrons. The summed E-state index contributed by atoms with van der Waals surface area (Å²) < 4.78 is 7.04. The average molecular weight is 412 g/mol. The summed E-state index contributed by atoms with van der Waals surface area (Å²) in [4.78, 5) is 32.7. The molecular formula is C22H25N3O3S. The molecule has 4 rings (SSSR count). The highest BCUT2D eigenvalue weighted by molar-refractivity contribution is 7.99. The van der Waals surface area contributed by atoms with Crippen molar-refractivity contribution < 1.29 is 9.21 Å². The van der Waals surface area contributed by atoms with Crippen LogP contribution in [0.4, 0.5) is 0 Å². The fourth-order valence-electron chi connectivity index (χ4n) is 4.07. The van der Waals surface area contributed by atoms with Gasteiger partial charge in [0.05, 0.1) is 29.5 Å². The summed E-state index contributed by atoms with van der Waals surface area (Å²) >= 11 is 1.32. The number of carbonyl (C=O) groups excluding carboxylic acids is 1. The van der Waals surface area contributed by atoms with Crippen LogP contribution in [0.3, 0.4) is 0 Å². The number of fused-ring (bicyclic) bond motifs is 1. The molecule has 2 unspecified atom stereocenters. The van der Waals surface area contributed by atoms with Gasteiger partial charge < -0.3 is 9.32 Å². The number of thioether (sulfide) groups is 1. The molecule has 3 heterocycles. The number of aromatic nitrogens is 2. The summed E-state index contributed by atoms with van der Waals surface area (Å²) in [7, 11) is 0. The molecular weight excluding hydrogens is 386 g/mol. The van der Waals surface area contributed by atoms with Crippen LogP contribution in [-0.2, 0) is 11.3 Å². The molecule has 0 bridgehead atoms. The number of benzene rings is 1. The van der Waals surface area contributed by atoms with Gasteiger partial charge >= 0.3 is 0 Å².